The fourth-order valence-corrected chi connectivity index (χ4v) is 1.25. The van der Waals surface area contributed by atoms with Crippen LogP contribution in [0.1, 0.15) is 25.7 Å². The number of hydrogen-bond acceptors (Lipinski definition) is 2. The first-order chi connectivity index (χ1) is 6.83. The smallest absolute Gasteiger partial charge is 0.219 e. The highest BCUT2D eigenvalue weighted by atomic mass is 16.1. The number of aryl methyl sites for hydroxylation is 1. The Morgan fingerprint density at radius 1 is 1.50 bits per heavy atom. The normalized spacial score (nSPS) is 10.1. The summed E-state index contributed by atoms with van der Waals surface area (Å²) < 4.78 is 2.00. The van der Waals surface area contributed by atoms with Crippen molar-refractivity contribution >= 4 is 5.91 Å². The third-order valence-electron chi connectivity index (χ3n) is 2.10. The Balaban J connectivity index is 1.97. The molecule has 0 saturated heterocycles. The standard InChI is InChI=1S/C10H16N3O/c1-11-10(14)5-3-2-4-7-13-8-6-12-9-13/h8-9H,2-5,7H2,1H3,(H,11,14). The minimum Gasteiger partial charge on any atom is -0.359 e. The van der Waals surface area contributed by atoms with Gasteiger partial charge in [0.15, 0.2) is 0 Å². The second-order valence-electron chi connectivity index (χ2n) is 3.22. The lowest BCUT2D eigenvalue weighted by Gasteiger charge is -2.01. The minimum absolute atomic E-state index is 0.126. The van der Waals surface area contributed by atoms with E-state index < -0.39 is 0 Å². The Kier molecular flexibility index (Phi) is 4.75. The van der Waals surface area contributed by atoms with E-state index >= 15 is 0 Å². The van der Waals surface area contributed by atoms with Gasteiger partial charge in [-0.2, -0.15) is 0 Å². The van der Waals surface area contributed by atoms with Crippen LogP contribution in [0.2, 0.25) is 0 Å². The number of aromatic nitrogens is 2. The molecule has 0 saturated carbocycles. The van der Waals surface area contributed by atoms with Gasteiger partial charge in [-0.05, 0) is 12.8 Å². The van der Waals surface area contributed by atoms with Crippen LogP contribution in [0.25, 0.3) is 0 Å². The quantitative estimate of drug-likeness (QED) is 0.686. The SMILES string of the molecule is CNC(=O)CCCCCn1c[c]nc1. The van der Waals surface area contributed by atoms with E-state index in [-0.39, 0.29) is 5.91 Å². The third kappa shape index (κ3) is 4.07. The van der Waals surface area contributed by atoms with Gasteiger partial charge in [-0.15, -0.1) is 0 Å². The second kappa shape index (κ2) is 6.18. The third-order valence-corrected chi connectivity index (χ3v) is 2.10. The highest BCUT2D eigenvalue weighted by molar-refractivity contribution is 5.75. The van der Waals surface area contributed by atoms with Crippen LogP contribution in [0.4, 0.5) is 0 Å². The van der Waals surface area contributed by atoms with Crippen LogP contribution in [0.3, 0.4) is 0 Å². The Labute approximate surface area is 84.3 Å². The van der Waals surface area contributed by atoms with Gasteiger partial charge >= 0.3 is 0 Å². The van der Waals surface area contributed by atoms with Crippen LogP contribution in [-0.4, -0.2) is 22.5 Å². The summed E-state index contributed by atoms with van der Waals surface area (Å²) in [7, 11) is 1.67. The van der Waals surface area contributed by atoms with E-state index in [0.29, 0.717) is 6.42 Å². The number of carbonyl (C=O) groups is 1. The molecule has 0 fully saturated rings. The first-order valence-electron chi connectivity index (χ1n) is 4.91. The first-order valence-corrected chi connectivity index (χ1v) is 4.91. The zero-order valence-corrected chi connectivity index (χ0v) is 8.49. The highest BCUT2D eigenvalue weighted by Gasteiger charge is 1.97. The predicted molar refractivity (Wildman–Crippen MR) is 53.6 cm³/mol. The molecule has 1 rings (SSSR count). The Bertz CT molecular complexity index is 256. The molecule has 1 aromatic rings. The number of nitrogens with one attached hydrogen (secondary N) is 1. The van der Waals surface area contributed by atoms with Gasteiger partial charge in [0, 0.05) is 26.2 Å². The van der Waals surface area contributed by atoms with Crippen molar-refractivity contribution in [3.05, 3.63) is 18.7 Å². The zero-order chi connectivity index (χ0) is 10.2. The van der Waals surface area contributed by atoms with Crippen LogP contribution in [0, 0.1) is 6.20 Å². The Morgan fingerprint density at radius 2 is 2.36 bits per heavy atom. The molecule has 1 amide bonds. The maximum absolute atomic E-state index is 10.9. The van der Waals surface area contributed by atoms with Crippen LogP contribution >= 0.6 is 0 Å². The maximum Gasteiger partial charge on any atom is 0.219 e. The summed E-state index contributed by atoms with van der Waals surface area (Å²) in [4.78, 5) is 14.7. The monoisotopic (exact) mass is 194 g/mol. The van der Waals surface area contributed by atoms with E-state index in [1.165, 1.54) is 0 Å². The molecular formula is C10H16N3O. The largest absolute Gasteiger partial charge is 0.359 e. The van der Waals surface area contributed by atoms with Crippen LogP contribution < -0.4 is 5.32 Å². The van der Waals surface area contributed by atoms with Crippen molar-refractivity contribution in [3.8, 4) is 0 Å². The van der Waals surface area contributed by atoms with Gasteiger partial charge in [-0.3, -0.25) is 4.79 Å². The van der Waals surface area contributed by atoms with Crippen molar-refractivity contribution in [2.45, 2.75) is 32.2 Å². The molecule has 1 radical (unpaired) electrons. The number of unbranched alkanes of at least 4 members (excludes halogenated alkanes) is 2. The molecule has 0 atom stereocenters. The topological polar surface area (TPSA) is 46.9 Å². The van der Waals surface area contributed by atoms with Gasteiger partial charge in [-0.1, -0.05) is 6.42 Å². The molecule has 77 valence electrons. The molecule has 4 heteroatoms. The number of carbonyl (C=O) groups excluding carboxylic acids is 1. The molecule has 0 unspecified atom stereocenters. The number of hydrogen-bond donors (Lipinski definition) is 1. The van der Waals surface area contributed by atoms with E-state index in [1.54, 1.807) is 13.4 Å². The predicted octanol–water partition coefficient (Wildman–Crippen LogP) is 0.990. The van der Waals surface area contributed by atoms with E-state index in [0.717, 1.165) is 25.8 Å². The summed E-state index contributed by atoms with van der Waals surface area (Å²) in [5.74, 6) is 0.126. The molecule has 0 bridgehead atoms. The lowest BCUT2D eigenvalue weighted by atomic mass is 10.2. The fourth-order valence-electron chi connectivity index (χ4n) is 1.25. The van der Waals surface area contributed by atoms with Crippen LogP contribution in [0.15, 0.2) is 12.5 Å². The minimum atomic E-state index is 0.126. The van der Waals surface area contributed by atoms with Crippen LogP contribution in [0.5, 0.6) is 0 Å². The molecule has 1 heterocycles. The molecule has 14 heavy (non-hydrogen) atoms. The van der Waals surface area contributed by atoms with Gasteiger partial charge in [-0.25, -0.2) is 4.98 Å². The van der Waals surface area contributed by atoms with Gasteiger partial charge in [0.1, 0.15) is 6.20 Å². The van der Waals surface area contributed by atoms with E-state index in [4.69, 9.17) is 0 Å². The van der Waals surface area contributed by atoms with Crippen molar-refractivity contribution < 1.29 is 4.79 Å². The molecule has 0 spiro atoms. The van der Waals surface area contributed by atoms with Crippen molar-refractivity contribution in [1.29, 1.82) is 0 Å². The Morgan fingerprint density at radius 3 is 3.00 bits per heavy atom. The van der Waals surface area contributed by atoms with Gasteiger partial charge < -0.3 is 9.88 Å². The van der Waals surface area contributed by atoms with Crippen molar-refractivity contribution in [2.75, 3.05) is 7.05 Å². The summed E-state index contributed by atoms with van der Waals surface area (Å²) in [5.41, 5.74) is 0. The number of rotatable bonds is 6. The summed E-state index contributed by atoms with van der Waals surface area (Å²) in [6.07, 6.45) is 10.1. The average Bonchev–Trinajstić information content (AvgIpc) is 2.69. The van der Waals surface area contributed by atoms with Crippen LogP contribution in [-0.2, 0) is 11.3 Å². The van der Waals surface area contributed by atoms with E-state index in [2.05, 4.69) is 16.5 Å². The maximum atomic E-state index is 10.9. The number of nitrogens with zero attached hydrogens (tertiary/aromatic N) is 2. The van der Waals surface area contributed by atoms with E-state index in [1.807, 2.05) is 10.8 Å². The summed E-state index contributed by atoms with van der Waals surface area (Å²) in [5, 5.41) is 2.61. The molecule has 4 nitrogen and oxygen atoms in total. The van der Waals surface area contributed by atoms with Crippen molar-refractivity contribution in [3.63, 3.8) is 0 Å². The first kappa shape index (κ1) is 10.8. The average molecular weight is 194 g/mol. The lowest BCUT2D eigenvalue weighted by molar-refractivity contribution is -0.120. The fraction of sp³-hybridized carbons (Fsp3) is 0.600. The molecule has 0 aliphatic rings. The van der Waals surface area contributed by atoms with Gasteiger partial charge in [0.25, 0.3) is 0 Å². The second-order valence-corrected chi connectivity index (χ2v) is 3.22. The van der Waals surface area contributed by atoms with Crippen molar-refractivity contribution in [2.24, 2.45) is 0 Å². The number of amides is 1. The summed E-state index contributed by atoms with van der Waals surface area (Å²) in [6, 6.07) is 0. The molecule has 0 aliphatic carbocycles. The number of imidazole rings is 1. The molecule has 0 aromatic carbocycles. The summed E-state index contributed by atoms with van der Waals surface area (Å²) in [6.45, 7) is 0.963. The molecule has 0 aliphatic heterocycles. The summed E-state index contributed by atoms with van der Waals surface area (Å²) >= 11 is 0. The van der Waals surface area contributed by atoms with Gasteiger partial charge in [0.2, 0.25) is 5.91 Å². The highest BCUT2D eigenvalue weighted by Crippen LogP contribution is 2.01. The zero-order valence-electron chi connectivity index (χ0n) is 8.49. The molecular weight excluding hydrogens is 178 g/mol. The van der Waals surface area contributed by atoms with E-state index in [9.17, 15) is 4.79 Å². The lowest BCUT2D eigenvalue weighted by Crippen LogP contribution is -2.16. The van der Waals surface area contributed by atoms with Gasteiger partial charge in [0.05, 0.1) is 6.33 Å². The molecule has 1 N–H and O–H groups in total. The van der Waals surface area contributed by atoms with Crippen molar-refractivity contribution in [1.82, 2.24) is 14.9 Å². The molecule has 1 aromatic heterocycles. The Hall–Kier alpha value is -1.32.